The number of benzene rings is 1. The highest BCUT2D eigenvalue weighted by molar-refractivity contribution is 7.10. The van der Waals surface area contributed by atoms with Gasteiger partial charge in [-0.15, -0.1) is 11.3 Å². The molecule has 2 heterocycles. The highest BCUT2D eigenvalue weighted by Crippen LogP contribution is 2.38. The number of carbonyl (C=O) groups is 2. The molecule has 0 aliphatic carbocycles. The summed E-state index contributed by atoms with van der Waals surface area (Å²) in [6.07, 6.45) is 8.09. The number of carbonyl (C=O) groups excluding carboxylic acids is 2. The predicted octanol–water partition coefficient (Wildman–Crippen LogP) is 6.35. The van der Waals surface area contributed by atoms with Crippen LogP contribution in [-0.2, 0) is 16.0 Å². The van der Waals surface area contributed by atoms with Gasteiger partial charge in [-0.3, -0.25) is 9.59 Å². The van der Waals surface area contributed by atoms with Crippen LogP contribution in [0.1, 0.15) is 87.8 Å². The lowest BCUT2D eigenvalue weighted by Gasteiger charge is -2.38. The molecule has 3 rings (SSSR count). The second-order valence-electron chi connectivity index (χ2n) is 9.22. The van der Waals surface area contributed by atoms with Crippen LogP contribution in [0.4, 0.5) is 4.39 Å². The first-order chi connectivity index (χ1) is 15.9. The maximum absolute atomic E-state index is 13.6. The third-order valence-electron chi connectivity index (χ3n) is 6.47. The van der Waals surface area contributed by atoms with Gasteiger partial charge in [-0.2, -0.15) is 0 Å². The van der Waals surface area contributed by atoms with E-state index in [9.17, 15) is 14.0 Å². The van der Waals surface area contributed by atoms with E-state index in [0.717, 1.165) is 36.8 Å². The van der Waals surface area contributed by atoms with Gasteiger partial charge in [0.15, 0.2) is 0 Å². The summed E-state index contributed by atoms with van der Waals surface area (Å²) in [7, 11) is 0. The molecule has 2 aromatic rings. The zero-order valence-electron chi connectivity index (χ0n) is 20.2. The van der Waals surface area contributed by atoms with Crippen molar-refractivity contribution in [2.45, 2.75) is 84.2 Å². The minimum absolute atomic E-state index is 0.0349. The summed E-state index contributed by atoms with van der Waals surface area (Å²) in [5.41, 5.74) is 2.01. The number of hydrogen-bond donors (Lipinski definition) is 0. The molecular weight excluding hydrogens is 435 g/mol. The van der Waals surface area contributed by atoms with Gasteiger partial charge in [0.25, 0.3) is 0 Å². The Hall–Kier alpha value is -2.21. The molecule has 6 heteroatoms. The molecule has 2 amide bonds. The molecule has 180 valence electrons. The molecule has 0 radical (unpaired) electrons. The number of amides is 2. The van der Waals surface area contributed by atoms with Gasteiger partial charge in [0.05, 0.1) is 6.04 Å². The van der Waals surface area contributed by atoms with E-state index in [-0.39, 0.29) is 36.3 Å². The summed E-state index contributed by atoms with van der Waals surface area (Å²) in [6, 6.07) is 8.21. The Bertz CT molecular complexity index is 909. The predicted molar refractivity (Wildman–Crippen MR) is 133 cm³/mol. The van der Waals surface area contributed by atoms with E-state index < -0.39 is 0 Å². The van der Waals surface area contributed by atoms with Crippen LogP contribution in [0.5, 0.6) is 0 Å². The van der Waals surface area contributed by atoms with Gasteiger partial charge >= 0.3 is 0 Å². The second kappa shape index (κ2) is 12.3. The molecule has 0 spiro atoms. The minimum atomic E-state index is -0.288. The summed E-state index contributed by atoms with van der Waals surface area (Å²) in [4.78, 5) is 31.3. The van der Waals surface area contributed by atoms with Crippen LogP contribution < -0.4 is 0 Å². The van der Waals surface area contributed by atoms with Gasteiger partial charge in [0.2, 0.25) is 11.8 Å². The number of rotatable bonds is 11. The first kappa shape index (κ1) is 25.4. The fourth-order valence-corrected chi connectivity index (χ4v) is 5.49. The van der Waals surface area contributed by atoms with Gasteiger partial charge in [0.1, 0.15) is 12.4 Å². The molecule has 0 saturated carbocycles. The maximum atomic E-state index is 13.6. The Balaban J connectivity index is 1.69. The summed E-state index contributed by atoms with van der Waals surface area (Å²) in [6.45, 7) is 6.83. The Kier molecular flexibility index (Phi) is 9.48. The standard InChI is InChI=1S/C27H37FN2O2S/c1-4-5-6-7-8-9-10-25(31)30(20(2)3)19-26(32)29-17-15-24-23(16-18-33-24)27(29)21-11-13-22(28)14-12-21/h11-14,16,18,20,27H,4-10,15,17,19H2,1-3H3. The molecule has 1 aromatic carbocycles. The third-order valence-corrected chi connectivity index (χ3v) is 7.46. The van der Waals surface area contributed by atoms with Gasteiger partial charge in [-0.1, -0.05) is 51.2 Å². The molecule has 0 fully saturated rings. The lowest BCUT2D eigenvalue weighted by atomic mass is 9.93. The lowest BCUT2D eigenvalue weighted by molar-refractivity contribution is -0.143. The SMILES string of the molecule is CCCCCCCCC(=O)N(CC(=O)N1CCc2sccc2C1c1ccc(F)cc1)C(C)C. The average molecular weight is 473 g/mol. The Morgan fingerprint density at radius 3 is 2.48 bits per heavy atom. The van der Waals surface area contributed by atoms with Crippen LogP contribution >= 0.6 is 11.3 Å². The molecule has 1 unspecified atom stereocenters. The van der Waals surface area contributed by atoms with Crippen LogP contribution in [0.15, 0.2) is 35.7 Å². The van der Waals surface area contributed by atoms with E-state index in [2.05, 4.69) is 18.4 Å². The van der Waals surface area contributed by atoms with Crippen molar-refractivity contribution in [2.24, 2.45) is 0 Å². The molecular formula is C27H37FN2O2S. The summed E-state index contributed by atoms with van der Waals surface area (Å²) in [5, 5.41) is 2.06. The van der Waals surface area contributed by atoms with E-state index in [1.807, 2.05) is 18.7 Å². The molecule has 33 heavy (non-hydrogen) atoms. The average Bonchev–Trinajstić information content (AvgIpc) is 3.28. The van der Waals surface area contributed by atoms with Crippen LogP contribution in [-0.4, -0.2) is 40.7 Å². The number of fused-ring (bicyclic) bond motifs is 1. The molecule has 1 aliphatic rings. The Morgan fingerprint density at radius 2 is 1.79 bits per heavy atom. The lowest BCUT2D eigenvalue weighted by Crippen LogP contribution is -2.48. The molecule has 1 aliphatic heterocycles. The maximum Gasteiger partial charge on any atom is 0.243 e. The van der Waals surface area contributed by atoms with Crippen LogP contribution in [0.25, 0.3) is 0 Å². The zero-order chi connectivity index (χ0) is 23.8. The van der Waals surface area contributed by atoms with E-state index in [0.29, 0.717) is 13.0 Å². The van der Waals surface area contributed by atoms with Gasteiger partial charge < -0.3 is 9.80 Å². The number of nitrogens with zero attached hydrogens (tertiary/aromatic N) is 2. The van der Waals surface area contributed by atoms with Crippen molar-refractivity contribution in [3.63, 3.8) is 0 Å². The van der Waals surface area contributed by atoms with E-state index in [4.69, 9.17) is 0 Å². The Morgan fingerprint density at radius 1 is 1.09 bits per heavy atom. The van der Waals surface area contributed by atoms with E-state index >= 15 is 0 Å². The summed E-state index contributed by atoms with van der Waals surface area (Å²) in [5.74, 6) is -0.282. The van der Waals surface area contributed by atoms with Crippen molar-refractivity contribution in [1.29, 1.82) is 0 Å². The largest absolute Gasteiger partial charge is 0.331 e. The molecule has 1 atom stereocenters. The molecule has 1 aromatic heterocycles. The molecule has 0 N–H and O–H groups in total. The van der Waals surface area contributed by atoms with Crippen molar-refractivity contribution >= 4 is 23.2 Å². The fraction of sp³-hybridized carbons (Fsp3) is 0.556. The highest BCUT2D eigenvalue weighted by atomic mass is 32.1. The van der Waals surface area contributed by atoms with Crippen molar-refractivity contribution in [3.05, 3.63) is 57.5 Å². The normalized spacial score (nSPS) is 15.5. The zero-order valence-corrected chi connectivity index (χ0v) is 21.0. The molecule has 0 saturated heterocycles. The number of hydrogen-bond acceptors (Lipinski definition) is 3. The van der Waals surface area contributed by atoms with Gasteiger partial charge in [-0.05, 0) is 61.4 Å². The van der Waals surface area contributed by atoms with Gasteiger partial charge in [-0.25, -0.2) is 4.39 Å². The quantitative estimate of drug-likeness (QED) is 0.358. The smallest absolute Gasteiger partial charge is 0.243 e. The first-order valence-corrected chi connectivity index (χ1v) is 13.2. The van der Waals surface area contributed by atoms with E-state index in [1.54, 1.807) is 28.4 Å². The van der Waals surface area contributed by atoms with Crippen molar-refractivity contribution < 1.29 is 14.0 Å². The minimum Gasteiger partial charge on any atom is -0.331 e. The number of unbranched alkanes of at least 4 members (excludes halogenated alkanes) is 5. The summed E-state index contributed by atoms with van der Waals surface area (Å²) >= 11 is 1.70. The second-order valence-corrected chi connectivity index (χ2v) is 10.2. The van der Waals surface area contributed by atoms with Crippen molar-refractivity contribution in [3.8, 4) is 0 Å². The van der Waals surface area contributed by atoms with Gasteiger partial charge in [0, 0.05) is 23.9 Å². The number of halogens is 1. The molecule has 4 nitrogen and oxygen atoms in total. The third kappa shape index (κ3) is 6.66. The number of thiophene rings is 1. The fourth-order valence-electron chi connectivity index (χ4n) is 4.59. The Labute approximate surface area is 201 Å². The first-order valence-electron chi connectivity index (χ1n) is 12.3. The van der Waals surface area contributed by atoms with Crippen LogP contribution in [0, 0.1) is 5.82 Å². The summed E-state index contributed by atoms with van der Waals surface area (Å²) < 4.78 is 13.6. The molecule has 0 bridgehead atoms. The topological polar surface area (TPSA) is 40.6 Å². The van der Waals surface area contributed by atoms with Crippen molar-refractivity contribution in [2.75, 3.05) is 13.1 Å². The van der Waals surface area contributed by atoms with E-state index in [1.165, 1.54) is 36.3 Å². The monoisotopic (exact) mass is 472 g/mol. The van der Waals surface area contributed by atoms with Crippen LogP contribution in [0.3, 0.4) is 0 Å². The van der Waals surface area contributed by atoms with Crippen LogP contribution in [0.2, 0.25) is 0 Å². The highest BCUT2D eigenvalue weighted by Gasteiger charge is 2.34. The van der Waals surface area contributed by atoms with Crippen molar-refractivity contribution in [1.82, 2.24) is 9.80 Å².